The van der Waals surface area contributed by atoms with E-state index in [4.69, 9.17) is 5.73 Å². The zero-order valence-electron chi connectivity index (χ0n) is 10.5. The first-order chi connectivity index (χ1) is 7.26. The summed E-state index contributed by atoms with van der Waals surface area (Å²) in [7, 11) is 0. The van der Waals surface area contributed by atoms with E-state index in [9.17, 15) is 0 Å². The van der Waals surface area contributed by atoms with Gasteiger partial charge in [-0.1, -0.05) is 26.7 Å². The van der Waals surface area contributed by atoms with Gasteiger partial charge in [0, 0.05) is 19.1 Å². The smallest absolute Gasteiger partial charge is 0.0167 e. The summed E-state index contributed by atoms with van der Waals surface area (Å²) in [6.45, 7) is 8.15. The fourth-order valence-electron chi connectivity index (χ4n) is 2.13. The highest BCUT2D eigenvalue weighted by atomic mass is 15.1. The predicted octanol–water partition coefficient (Wildman–Crippen LogP) is 2.63. The van der Waals surface area contributed by atoms with Crippen LogP contribution in [0.1, 0.15) is 52.4 Å². The molecule has 0 bridgehead atoms. The lowest BCUT2D eigenvalue weighted by Crippen LogP contribution is -2.39. The minimum Gasteiger partial charge on any atom is -0.327 e. The van der Waals surface area contributed by atoms with Gasteiger partial charge in [0.2, 0.25) is 0 Å². The lowest BCUT2D eigenvalue weighted by molar-refractivity contribution is 0.242. The zero-order chi connectivity index (χ0) is 11.1. The highest BCUT2D eigenvalue weighted by molar-refractivity contribution is 4.79. The first-order valence-electron chi connectivity index (χ1n) is 6.74. The van der Waals surface area contributed by atoms with Gasteiger partial charge in [-0.25, -0.2) is 0 Å². The Morgan fingerprint density at radius 1 is 1.27 bits per heavy atom. The molecule has 1 aliphatic rings. The van der Waals surface area contributed by atoms with Crippen molar-refractivity contribution >= 4 is 0 Å². The fourth-order valence-corrected chi connectivity index (χ4v) is 2.13. The molecule has 1 saturated carbocycles. The molecule has 1 aliphatic carbocycles. The molecule has 0 aromatic rings. The maximum atomic E-state index is 6.15. The van der Waals surface area contributed by atoms with E-state index >= 15 is 0 Å². The Morgan fingerprint density at radius 2 is 2.00 bits per heavy atom. The molecule has 0 radical (unpaired) electrons. The normalized spacial score (nSPS) is 18.4. The van der Waals surface area contributed by atoms with Crippen LogP contribution in [0.3, 0.4) is 0 Å². The monoisotopic (exact) mass is 212 g/mol. The van der Waals surface area contributed by atoms with E-state index in [1.165, 1.54) is 51.6 Å². The quantitative estimate of drug-likeness (QED) is 0.636. The van der Waals surface area contributed by atoms with Crippen LogP contribution in [0.15, 0.2) is 0 Å². The van der Waals surface area contributed by atoms with Crippen LogP contribution in [-0.2, 0) is 0 Å². The van der Waals surface area contributed by atoms with E-state index in [1.807, 2.05) is 0 Å². The first kappa shape index (κ1) is 13.0. The van der Waals surface area contributed by atoms with Crippen molar-refractivity contribution in [2.75, 3.05) is 19.6 Å². The summed E-state index contributed by atoms with van der Waals surface area (Å²) < 4.78 is 0. The third-order valence-corrected chi connectivity index (χ3v) is 3.17. The maximum absolute atomic E-state index is 6.15. The second-order valence-electron chi connectivity index (χ2n) is 5.11. The molecule has 0 saturated heterocycles. The second-order valence-corrected chi connectivity index (χ2v) is 5.11. The van der Waals surface area contributed by atoms with E-state index in [0.29, 0.717) is 6.04 Å². The SMILES string of the molecule is CCCCC(N)CN(CCC)CC1CC1. The number of hydrogen-bond donors (Lipinski definition) is 1. The fraction of sp³-hybridized carbons (Fsp3) is 1.00. The molecule has 0 aliphatic heterocycles. The first-order valence-corrected chi connectivity index (χ1v) is 6.74. The summed E-state index contributed by atoms with van der Waals surface area (Å²) >= 11 is 0. The second kappa shape index (κ2) is 7.24. The van der Waals surface area contributed by atoms with Crippen molar-refractivity contribution in [1.82, 2.24) is 4.90 Å². The van der Waals surface area contributed by atoms with Gasteiger partial charge in [-0.05, 0) is 38.1 Å². The Morgan fingerprint density at radius 3 is 2.53 bits per heavy atom. The van der Waals surface area contributed by atoms with Gasteiger partial charge >= 0.3 is 0 Å². The van der Waals surface area contributed by atoms with Crippen LogP contribution < -0.4 is 5.73 Å². The number of rotatable bonds is 9. The van der Waals surface area contributed by atoms with Crippen LogP contribution in [-0.4, -0.2) is 30.6 Å². The number of nitrogens with two attached hydrogens (primary N) is 1. The van der Waals surface area contributed by atoms with Crippen LogP contribution >= 0.6 is 0 Å². The van der Waals surface area contributed by atoms with Gasteiger partial charge in [0.25, 0.3) is 0 Å². The summed E-state index contributed by atoms with van der Waals surface area (Å²) in [5.74, 6) is 0.995. The van der Waals surface area contributed by atoms with E-state index in [-0.39, 0.29) is 0 Å². The number of unbranched alkanes of at least 4 members (excludes halogenated alkanes) is 1. The molecule has 0 aromatic heterocycles. The molecule has 2 N–H and O–H groups in total. The largest absolute Gasteiger partial charge is 0.327 e. The van der Waals surface area contributed by atoms with Crippen LogP contribution in [0, 0.1) is 5.92 Å². The Hall–Kier alpha value is -0.0800. The minimum atomic E-state index is 0.398. The lowest BCUT2D eigenvalue weighted by Gasteiger charge is -2.25. The molecule has 0 amide bonds. The number of nitrogens with zero attached hydrogens (tertiary/aromatic N) is 1. The molecule has 1 unspecified atom stereocenters. The van der Waals surface area contributed by atoms with Crippen molar-refractivity contribution in [2.24, 2.45) is 11.7 Å². The summed E-state index contributed by atoms with van der Waals surface area (Å²) in [6, 6.07) is 0.398. The molecule has 0 aromatic carbocycles. The van der Waals surface area contributed by atoms with Gasteiger partial charge in [0.15, 0.2) is 0 Å². The van der Waals surface area contributed by atoms with Crippen molar-refractivity contribution in [2.45, 2.75) is 58.4 Å². The van der Waals surface area contributed by atoms with Gasteiger partial charge < -0.3 is 10.6 Å². The molecule has 15 heavy (non-hydrogen) atoms. The van der Waals surface area contributed by atoms with Crippen molar-refractivity contribution < 1.29 is 0 Å². The summed E-state index contributed by atoms with van der Waals surface area (Å²) in [5, 5.41) is 0. The molecular weight excluding hydrogens is 184 g/mol. The van der Waals surface area contributed by atoms with Gasteiger partial charge in [-0.3, -0.25) is 0 Å². The zero-order valence-corrected chi connectivity index (χ0v) is 10.5. The Kier molecular flexibility index (Phi) is 6.26. The van der Waals surface area contributed by atoms with Crippen LogP contribution in [0.2, 0.25) is 0 Å². The minimum absolute atomic E-state index is 0.398. The van der Waals surface area contributed by atoms with E-state index in [0.717, 1.165) is 12.5 Å². The molecular formula is C13H28N2. The van der Waals surface area contributed by atoms with Gasteiger partial charge in [-0.2, -0.15) is 0 Å². The van der Waals surface area contributed by atoms with Crippen molar-refractivity contribution in [3.05, 3.63) is 0 Å². The molecule has 1 fully saturated rings. The number of hydrogen-bond acceptors (Lipinski definition) is 2. The van der Waals surface area contributed by atoms with Crippen LogP contribution in [0.4, 0.5) is 0 Å². The standard InChI is InChI=1S/C13H28N2/c1-3-5-6-13(14)11-15(9-4-2)10-12-7-8-12/h12-13H,3-11,14H2,1-2H3. The van der Waals surface area contributed by atoms with E-state index in [1.54, 1.807) is 0 Å². The molecule has 0 heterocycles. The Bertz CT molecular complexity index is 155. The van der Waals surface area contributed by atoms with E-state index < -0.39 is 0 Å². The van der Waals surface area contributed by atoms with E-state index in [2.05, 4.69) is 18.7 Å². The molecule has 90 valence electrons. The summed E-state index contributed by atoms with van der Waals surface area (Å²) in [5.41, 5.74) is 6.15. The van der Waals surface area contributed by atoms with Crippen molar-refractivity contribution in [1.29, 1.82) is 0 Å². The van der Waals surface area contributed by atoms with Crippen molar-refractivity contribution in [3.63, 3.8) is 0 Å². The Labute approximate surface area is 95.2 Å². The Balaban J connectivity index is 2.15. The third-order valence-electron chi connectivity index (χ3n) is 3.17. The van der Waals surface area contributed by atoms with Crippen molar-refractivity contribution in [3.8, 4) is 0 Å². The van der Waals surface area contributed by atoms with Gasteiger partial charge in [0.1, 0.15) is 0 Å². The highest BCUT2D eigenvalue weighted by Gasteiger charge is 2.24. The predicted molar refractivity (Wildman–Crippen MR) is 67.0 cm³/mol. The molecule has 0 spiro atoms. The molecule has 1 atom stereocenters. The van der Waals surface area contributed by atoms with Gasteiger partial charge in [0.05, 0.1) is 0 Å². The van der Waals surface area contributed by atoms with Crippen LogP contribution in [0.5, 0.6) is 0 Å². The van der Waals surface area contributed by atoms with Crippen LogP contribution in [0.25, 0.3) is 0 Å². The summed E-state index contributed by atoms with van der Waals surface area (Å²) in [4.78, 5) is 2.58. The lowest BCUT2D eigenvalue weighted by atomic mass is 10.1. The highest BCUT2D eigenvalue weighted by Crippen LogP contribution is 2.29. The molecule has 1 rings (SSSR count). The molecule has 2 heteroatoms. The average molecular weight is 212 g/mol. The third kappa shape index (κ3) is 6.16. The summed E-state index contributed by atoms with van der Waals surface area (Å²) in [6.07, 6.45) is 7.90. The average Bonchev–Trinajstić information content (AvgIpc) is 2.99. The maximum Gasteiger partial charge on any atom is 0.0167 e. The topological polar surface area (TPSA) is 29.3 Å². The molecule has 2 nitrogen and oxygen atoms in total. The van der Waals surface area contributed by atoms with Gasteiger partial charge in [-0.15, -0.1) is 0 Å².